The first-order valence-electron chi connectivity index (χ1n) is 7.00. The van der Waals surface area contributed by atoms with E-state index in [-0.39, 0.29) is 6.03 Å². The molecule has 0 spiro atoms. The van der Waals surface area contributed by atoms with Crippen molar-refractivity contribution in [3.63, 3.8) is 0 Å². The third kappa shape index (κ3) is 6.13. The Kier molecular flexibility index (Phi) is 7.47. The average molecular weight is 264 g/mol. The summed E-state index contributed by atoms with van der Waals surface area (Å²) >= 11 is 0. The summed E-state index contributed by atoms with van der Waals surface area (Å²) in [6.07, 6.45) is 3.03. The molecular weight excluding hydrogens is 240 g/mol. The lowest BCUT2D eigenvalue weighted by molar-refractivity contribution is 0.236. The van der Waals surface area contributed by atoms with E-state index < -0.39 is 0 Å². The number of urea groups is 1. The summed E-state index contributed by atoms with van der Waals surface area (Å²) in [6, 6.07) is 7.85. The fourth-order valence-electron chi connectivity index (χ4n) is 1.70. The maximum absolute atomic E-state index is 11.4. The normalized spacial score (nSPS) is 10.0. The molecule has 0 bridgehead atoms. The Hall–Kier alpha value is -1.71. The molecule has 1 aromatic carbocycles. The molecule has 0 aliphatic heterocycles. The summed E-state index contributed by atoms with van der Waals surface area (Å²) in [5, 5.41) is 5.57. The topological polar surface area (TPSA) is 50.4 Å². The summed E-state index contributed by atoms with van der Waals surface area (Å²) in [5.41, 5.74) is 1.19. The summed E-state index contributed by atoms with van der Waals surface area (Å²) in [5.74, 6) is 0.901. The molecule has 106 valence electrons. The highest BCUT2D eigenvalue weighted by Crippen LogP contribution is 2.17. The lowest BCUT2D eigenvalue weighted by Crippen LogP contribution is -2.38. The Bertz CT molecular complexity index is 380. The molecule has 19 heavy (non-hydrogen) atoms. The van der Waals surface area contributed by atoms with E-state index in [1.807, 2.05) is 18.2 Å². The van der Waals surface area contributed by atoms with Crippen molar-refractivity contribution in [2.75, 3.05) is 19.7 Å². The predicted molar refractivity (Wildman–Crippen MR) is 77.6 cm³/mol. The lowest BCUT2D eigenvalue weighted by atomic mass is 10.1. The van der Waals surface area contributed by atoms with Crippen LogP contribution in [0.2, 0.25) is 0 Å². The van der Waals surface area contributed by atoms with Crippen molar-refractivity contribution < 1.29 is 9.53 Å². The number of carbonyl (C=O) groups is 1. The van der Waals surface area contributed by atoms with Crippen molar-refractivity contribution in [1.82, 2.24) is 10.6 Å². The number of aryl methyl sites for hydroxylation is 1. The number of amides is 2. The highest BCUT2D eigenvalue weighted by molar-refractivity contribution is 5.73. The van der Waals surface area contributed by atoms with Crippen LogP contribution >= 0.6 is 0 Å². The van der Waals surface area contributed by atoms with Gasteiger partial charge in [-0.3, -0.25) is 0 Å². The van der Waals surface area contributed by atoms with Crippen LogP contribution in [0.5, 0.6) is 5.75 Å². The highest BCUT2D eigenvalue weighted by Gasteiger charge is 2.01. The lowest BCUT2D eigenvalue weighted by Gasteiger charge is -2.11. The first kappa shape index (κ1) is 15.3. The standard InChI is InChI=1S/C15H24N2O2/c1-3-5-10-16-15(18)17-11-12-19-14-9-7-6-8-13(14)4-2/h6-9H,3-5,10-12H2,1-2H3,(H2,16,17,18). The van der Waals surface area contributed by atoms with Gasteiger partial charge in [0.25, 0.3) is 0 Å². The van der Waals surface area contributed by atoms with Crippen LogP contribution in [0.4, 0.5) is 4.79 Å². The second kappa shape index (κ2) is 9.25. The Morgan fingerprint density at radius 1 is 1.16 bits per heavy atom. The van der Waals surface area contributed by atoms with Crippen LogP contribution in [0.15, 0.2) is 24.3 Å². The van der Waals surface area contributed by atoms with E-state index in [1.165, 1.54) is 5.56 Å². The zero-order valence-electron chi connectivity index (χ0n) is 11.9. The maximum Gasteiger partial charge on any atom is 0.314 e. The van der Waals surface area contributed by atoms with Gasteiger partial charge in [0, 0.05) is 6.54 Å². The maximum atomic E-state index is 11.4. The molecule has 0 heterocycles. The number of ether oxygens (including phenoxy) is 1. The molecule has 1 aromatic rings. The van der Waals surface area contributed by atoms with Crippen molar-refractivity contribution in [2.45, 2.75) is 33.1 Å². The molecule has 0 radical (unpaired) electrons. The summed E-state index contributed by atoms with van der Waals surface area (Å²) in [4.78, 5) is 11.4. The molecule has 2 N–H and O–H groups in total. The van der Waals surface area contributed by atoms with Gasteiger partial charge in [0.15, 0.2) is 0 Å². The summed E-state index contributed by atoms with van der Waals surface area (Å²) in [6.45, 7) is 5.91. The van der Waals surface area contributed by atoms with Gasteiger partial charge in [0.05, 0.1) is 6.54 Å². The molecule has 0 saturated carbocycles. The molecule has 0 fully saturated rings. The number of hydrogen-bond acceptors (Lipinski definition) is 2. The zero-order chi connectivity index (χ0) is 13.9. The van der Waals surface area contributed by atoms with E-state index in [2.05, 4.69) is 30.5 Å². The SMILES string of the molecule is CCCCNC(=O)NCCOc1ccccc1CC. The fourth-order valence-corrected chi connectivity index (χ4v) is 1.70. The quantitative estimate of drug-likeness (QED) is 0.709. The van der Waals surface area contributed by atoms with Gasteiger partial charge in [-0.25, -0.2) is 4.79 Å². The van der Waals surface area contributed by atoms with E-state index in [0.717, 1.165) is 31.6 Å². The van der Waals surface area contributed by atoms with Crippen LogP contribution in [-0.4, -0.2) is 25.7 Å². The van der Waals surface area contributed by atoms with Crippen LogP contribution in [0.1, 0.15) is 32.3 Å². The molecule has 0 atom stereocenters. The Morgan fingerprint density at radius 2 is 1.89 bits per heavy atom. The Morgan fingerprint density at radius 3 is 2.63 bits per heavy atom. The van der Waals surface area contributed by atoms with E-state index >= 15 is 0 Å². The molecular formula is C15H24N2O2. The molecule has 0 saturated heterocycles. The van der Waals surface area contributed by atoms with Gasteiger partial charge in [0.2, 0.25) is 0 Å². The van der Waals surface area contributed by atoms with E-state index in [1.54, 1.807) is 0 Å². The van der Waals surface area contributed by atoms with Crippen LogP contribution in [-0.2, 0) is 6.42 Å². The highest BCUT2D eigenvalue weighted by atomic mass is 16.5. The largest absolute Gasteiger partial charge is 0.491 e. The molecule has 2 amide bonds. The smallest absolute Gasteiger partial charge is 0.314 e. The first-order valence-corrected chi connectivity index (χ1v) is 7.00. The van der Waals surface area contributed by atoms with Crippen LogP contribution in [0.3, 0.4) is 0 Å². The summed E-state index contributed by atoms with van der Waals surface area (Å²) < 4.78 is 5.66. The van der Waals surface area contributed by atoms with Crippen molar-refractivity contribution in [3.8, 4) is 5.75 Å². The van der Waals surface area contributed by atoms with Gasteiger partial charge in [-0.1, -0.05) is 38.5 Å². The molecule has 0 aliphatic rings. The number of rotatable bonds is 8. The zero-order valence-corrected chi connectivity index (χ0v) is 11.9. The van der Waals surface area contributed by atoms with Crippen LogP contribution < -0.4 is 15.4 Å². The van der Waals surface area contributed by atoms with Crippen LogP contribution in [0, 0.1) is 0 Å². The molecule has 0 unspecified atom stereocenters. The number of nitrogens with one attached hydrogen (secondary N) is 2. The van der Waals surface area contributed by atoms with Crippen molar-refractivity contribution >= 4 is 6.03 Å². The van der Waals surface area contributed by atoms with Gasteiger partial charge >= 0.3 is 6.03 Å². The van der Waals surface area contributed by atoms with Crippen molar-refractivity contribution in [3.05, 3.63) is 29.8 Å². The Labute approximate surface area is 115 Å². The van der Waals surface area contributed by atoms with Crippen molar-refractivity contribution in [1.29, 1.82) is 0 Å². The van der Waals surface area contributed by atoms with Crippen molar-refractivity contribution in [2.24, 2.45) is 0 Å². The second-order valence-corrected chi connectivity index (χ2v) is 4.35. The second-order valence-electron chi connectivity index (χ2n) is 4.35. The number of unbranched alkanes of at least 4 members (excludes halogenated alkanes) is 1. The summed E-state index contributed by atoms with van der Waals surface area (Å²) in [7, 11) is 0. The predicted octanol–water partition coefficient (Wildman–Crippen LogP) is 2.73. The van der Waals surface area contributed by atoms with Gasteiger partial charge in [0.1, 0.15) is 12.4 Å². The van der Waals surface area contributed by atoms with E-state index in [4.69, 9.17) is 4.74 Å². The third-order valence-corrected chi connectivity index (χ3v) is 2.81. The minimum absolute atomic E-state index is 0.124. The van der Waals surface area contributed by atoms with Gasteiger partial charge in [-0.2, -0.15) is 0 Å². The van der Waals surface area contributed by atoms with Crippen LogP contribution in [0.25, 0.3) is 0 Å². The molecule has 1 rings (SSSR count). The molecule has 0 aliphatic carbocycles. The van der Waals surface area contributed by atoms with Gasteiger partial charge < -0.3 is 15.4 Å². The fraction of sp³-hybridized carbons (Fsp3) is 0.533. The number of para-hydroxylation sites is 1. The number of benzene rings is 1. The Balaban J connectivity index is 2.18. The molecule has 4 nitrogen and oxygen atoms in total. The van der Waals surface area contributed by atoms with E-state index in [9.17, 15) is 4.79 Å². The number of carbonyl (C=O) groups excluding carboxylic acids is 1. The van der Waals surface area contributed by atoms with Gasteiger partial charge in [-0.05, 0) is 24.5 Å². The van der Waals surface area contributed by atoms with E-state index in [0.29, 0.717) is 13.2 Å². The minimum Gasteiger partial charge on any atom is -0.491 e. The monoisotopic (exact) mass is 264 g/mol. The third-order valence-electron chi connectivity index (χ3n) is 2.81. The van der Waals surface area contributed by atoms with Gasteiger partial charge in [-0.15, -0.1) is 0 Å². The molecule has 0 aromatic heterocycles. The average Bonchev–Trinajstić information content (AvgIpc) is 2.44. The first-order chi connectivity index (χ1) is 9.27. The number of hydrogen-bond donors (Lipinski definition) is 2. The minimum atomic E-state index is -0.124. The molecule has 4 heteroatoms.